The Morgan fingerprint density at radius 3 is 1.89 bits per heavy atom. The van der Waals surface area contributed by atoms with E-state index in [0.717, 1.165) is 24.2 Å². The van der Waals surface area contributed by atoms with Gasteiger partial charge in [0.1, 0.15) is 5.75 Å². The fourth-order valence-corrected chi connectivity index (χ4v) is 9.50. The number of methoxy groups -OCH3 is 1. The van der Waals surface area contributed by atoms with Crippen LogP contribution in [-0.2, 0) is 15.8 Å². The Balaban J connectivity index is 1.78. The largest absolute Gasteiger partial charge is 0.497 e. The van der Waals surface area contributed by atoms with Crippen molar-refractivity contribution in [3.05, 3.63) is 115 Å². The molecule has 3 nitrogen and oxygen atoms in total. The summed E-state index contributed by atoms with van der Waals surface area (Å²) in [5, 5.41) is 2.58. The van der Waals surface area contributed by atoms with Crippen LogP contribution in [0.25, 0.3) is 0 Å². The Bertz CT molecular complexity index is 1080. The van der Waals surface area contributed by atoms with Crippen molar-refractivity contribution in [1.29, 1.82) is 0 Å². The molecule has 3 aromatic carbocycles. The summed E-state index contributed by atoms with van der Waals surface area (Å²) in [4.78, 5) is 0. The molecule has 0 saturated carbocycles. The molecule has 0 bridgehead atoms. The topological polar surface area (TPSA) is 27.7 Å². The predicted molar refractivity (Wildman–Crippen MR) is 163 cm³/mol. The van der Waals surface area contributed by atoms with Gasteiger partial charge in [-0.1, -0.05) is 119 Å². The van der Waals surface area contributed by atoms with Gasteiger partial charge in [0.2, 0.25) is 0 Å². The van der Waals surface area contributed by atoms with Crippen LogP contribution in [0.2, 0.25) is 5.04 Å². The van der Waals surface area contributed by atoms with Gasteiger partial charge in [-0.25, -0.2) is 0 Å². The summed E-state index contributed by atoms with van der Waals surface area (Å²) >= 11 is 0. The van der Waals surface area contributed by atoms with Crippen molar-refractivity contribution in [2.24, 2.45) is 5.92 Å². The standard InChI is InChI=1S/C34H44O3Si/c1-7-15-31(36-26-29-21-23-30(35-6)24-22-29)25-20-28(8-2)27-37-38(34(3,4)5,32-16-11-9-12-17-32)33-18-13-10-14-19-33/h7,9-14,16-25,28,31H,1,8,15,26-27H2,2-6H3/b25-20-/t28?,31-/m0/s1. The van der Waals surface area contributed by atoms with E-state index in [1.54, 1.807) is 7.11 Å². The summed E-state index contributed by atoms with van der Waals surface area (Å²) in [6.45, 7) is 14.3. The third-order valence-corrected chi connectivity index (χ3v) is 12.1. The lowest BCUT2D eigenvalue weighted by Gasteiger charge is -2.43. The molecule has 0 aliphatic heterocycles. The van der Waals surface area contributed by atoms with Crippen molar-refractivity contribution in [2.45, 2.75) is 58.3 Å². The van der Waals surface area contributed by atoms with E-state index in [-0.39, 0.29) is 17.1 Å². The molecule has 0 heterocycles. The first-order valence-corrected chi connectivity index (χ1v) is 15.5. The lowest BCUT2D eigenvalue weighted by molar-refractivity contribution is 0.0735. The first kappa shape index (κ1) is 29.6. The Kier molecular flexibility index (Phi) is 11.1. The van der Waals surface area contributed by atoms with Gasteiger partial charge in [-0.05, 0) is 51.9 Å². The van der Waals surface area contributed by atoms with Crippen molar-refractivity contribution < 1.29 is 13.9 Å². The van der Waals surface area contributed by atoms with Gasteiger partial charge in [-0.3, -0.25) is 0 Å². The maximum atomic E-state index is 7.18. The molecule has 38 heavy (non-hydrogen) atoms. The van der Waals surface area contributed by atoms with Crippen molar-refractivity contribution in [1.82, 2.24) is 0 Å². The van der Waals surface area contributed by atoms with Crippen LogP contribution < -0.4 is 15.1 Å². The Labute approximate surface area is 231 Å². The van der Waals surface area contributed by atoms with Gasteiger partial charge in [-0.15, -0.1) is 6.58 Å². The second-order valence-electron chi connectivity index (χ2n) is 10.7. The number of rotatable bonds is 14. The Morgan fingerprint density at radius 1 is 0.842 bits per heavy atom. The van der Waals surface area contributed by atoms with E-state index < -0.39 is 8.32 Å². The Morgan fingerprint density at radius 2 is 1.42 bits per heavy atom. The molecule has 3 rings (SSSR count). The van der Waals surface area contributed by atoms with Gasteiger partial charge in [-0.2, -0.15) is 0 Å². The minimum Gasteiger partial charge on any atom is -0.497 e. The lowest BCUT2D eigenvalue weighted by Crippen LogP contribution is -2.66. The van der Waals surface area contributed by atoms with E-state index in [0.29, 0.717) is 13.2 Å². The van der Waals surface area contributed by atoms with Gasteiger partial charge in [0, 0.05) is 6.61 Å². The van der Waals surface area contributed by atoms with E-state index in [1.165, 1.54) is 10.4 Å². The minimum absolute atomic E-state index is 0.0310. The number of ether oxygens (including phenoxy) is 2. The molecule has 0 aliphatic rings. The van der Waals surface area contributed by atoms with Crippen LogP contribution in [0.3, 0.4) is 0 Å². The van der Waals surface area contributed by atoms with Crippen LogP contribution in [0, 0.1) is 5.92 Å². The van der Waals surface area contributed by atoms with Crippen LogP contribution in [0.1, 0.15) is 46.1 Å². The smallest absolute Gasteiger partial charge is 0.261 e. The van der Waals surface area contributed by atoms with Crippen LogP contribution >= 0.6 is 0 Å². The highest BCUT2D eigenvalue weighted by atomic mass is 28.4. The maximum absolute atomic E-state index is 7.18. The molecule has 0 N–H and O–H groups in total. The third-order valence-electron chi connectivity index (χ3n) is 7.08. The molecule has 0 radical (unpaired) electrons. The maximum Gasteiger partial charge on any atom is 0.261 e. The highest BCUT2D eigenvalue weighted by Crippen LogP contribution is 2.37. The first-order valence-electron chi connectivity index (χ1n) is 13.6. The van der Waals surface area contributed by atoms with Crippen molar-refractivity contribution in [2.75, 3.05) is 13.7 Å². The fourth-order valence-electron chi connectivity index (χ4n) is 4.88. The van der Waals surface area contributed by atoms with Crippen molar-refractivity contribution >= 4 is 18.7 Å². The predicted octanol–water partition coefficient (Wildman–Crippen LogP) is 7.32. The van der Waals surface area contributed by atoms with Crippen LogP contribution in [-0.4, -0.2) is 28.1 Å². The molecule has 0 saturated heterocycles. The average molecular weight is 529 g/mol. The summed E-state index contributed by atoms with van der Waals surface area (Å²) in [7, 11) is -0.880. The molecule has 1 unspecified atom stereocenters. The van der Waals surface area contributed by atoms with Crippen LogP contribution in [0.15, 0.2) is 110 Å². The van der Waals surface area contributed by atoms with Crippen molar-refractivity contribution in [3.8, 4) is 5.75 Å². The molecular formula is C34H44O3Si. The van der Waals surface area contributed by atoms with Crippen molar-refractivity contribution in [3.63, 3.8) is 0 Å². The lowest BCUT2D eigenvalue weighted by atomic mass is 10.1. The fraction of sp³-hybridized carbons (Fsp3) is 0.353. The molecule has 0 fully saturated rings. The monoisotopic (exact) mass is 528 g/mol. The van der Waals surface area contributed by atoms with Gasteiger partial charge in [0.25, 0.3) is 8.32 Å². The van der Waals surface area contributed by atoms with Crippen LogP contribution in [0.4, 0.5) is 0 Å². The number of benzene rings is 3. The van der Waals surface area contributed by atoms with E-state index in [4.69, 9.17) is 13.9 Å². The molecule has 2 atom stereocenters. The SMILES string of the molecule is C=CC[C@@H](/C=C\C(CC)CO[Si](c1ccccc1)(c1ccccc1)C(C)(C)C)OCc1ccc(OC)cc1. The van der Waals surface area contributed by atoms with Gasteiger partial charge in [0.15, 0.2) is 0 Å². The van der Waals surface area contributed by atoms with Crippen LogP contribution in [0.5, 0.6) is 5.75 Å². The molecule has 0 amide bonds. The Hall–Kier alpha value is -2.92. The van der Waals surface area contributed by atoms with E-state index in [1.807, 2.05) is 30.3 Å². The summed E-state index contributed by atoms with van der Waals surface area (Å²) in [6.07, 6.45) is 8.11. The highest BCUT2D eigenvalue weighted by molar-refractivity contribution is 6.99. The molecule has 3 aromatic rings. The summed E-state index contributed by atoms with van der Waals surface area (Å²) in [5.74, 6) is 1.14. The van der Waals surface area contributed by atoms with E-state index in [9.17, 15) is 0 Å². The first-order chi connectivity index (χ1) is 18.3. The molecular weight excluding hydrogens is 484 g/mol. The average Bonchev–Trinajstić information content (AvgIpc) is 2.94. The van der Waals surface area contributed by atoms with E-state index >= 15 is 0 Å². The molecule has 4 heteroatoms. The zero-order chi connectivity index (χ0) is 27.4. The number of hydrogen-bond acceptors (Lipinski definition) is 3. The second kappa shape index (κ2) is 14.3. The van der Waals surface area contributed by atoms with Gasteiger partial charge >= 0.3 is 0 Å². The normalized spacial score (nSPS) is 13.8. The zero-order valence-corrected chi connectivity index (χ0v) is 24.7. The van der Waals surface area contributed by atoms with Gasteiger partial charge < -0.3 is 13.9 Å². The molecule has 0 aromatic heterocycles. The molecule has 0 spiro atoms. The zero-order valence-electron chi connectivity index (χ0n) is 23.7. The number of hydrogen-bond donors (Lipinski definition) is 0. The highest BCUT2D eigenvalue weighted by Gasteiger charge is 2.50. The molecule has 0 aliphatic carbocycles. The summed E-state index contributed by atoms with van der Waals surface area (Å²) < 4.78 is 18.7. The van der Waals surface area contributed by atoms with E-state index in [2.05, 4.69) is 107 Å². The second-order valence-corrected chi connectivity index (χ2v) is 15.1. The summed E-state index contributed by atoms with van der Waals surface area (Å²) in [5.41, 5.74) is 1.12. The third kappa shape index (κ3) is 7.56. The summed E-state index contributed by atoms with van der Waals surface area (Å²) in [6, 6.07) is 29.7. The van der Waals surface area contributed by atoms with Gasteiger partial charge in [0.05, 0.1) is 19.8 Å². The quantitative estimate of drug-likeness (QED) is 0.162. The molecule has 202 valence electrons. The minimum atomic E-state index is -2.56.